The lowest BCUT2D eigenvalue weighted by molar-refractivity contribution is -0.133. The molecule has 2 saturated heterocycles. The molecule has 10 heteroatoms. The van der Waals surface area contributed by atoms with Crippen molar-refractivity contribution in [2.24, 2.45) is 4.99 Å². The van der Waals surface area contributed by atoms with Gasteiger partial charge >= 0.3 is 0 Å². The number of aromatic nitrogens is 3. The SMILES string of the molecule is CCNC(=NCCc1nc(-c2ccco2)n[nH]1)N1CCN(CC(=O)N2CCCCC2)CC1. The average Bonchev–Trinajstić information content (AvgIpc) is 3.52. The number of rotatable bonds is 7. The number of piperidine rings is 1. The maximum atomic E-state index is 12.6. The molecule has 0 atom stereocenters. The Balaban J connectivity index is 1.25. The molecule has 0 saturated carbocycles. The first-order valence-corrected chi connectivity index (χ1v) is 11.7. The molecular formula is C22H34N8O2. The predicted molar refractivity (Wildman–Crippen MR) is 122 cm³/mol. The second kappa shape index (κ2) is 11.1. The van der Waals surface area contributed by atoms with E-state index in [1.165, 1.54) is 6.42 Å². The predicted octanol–water partition coefficient (Wildman–Crippen LogP) is 1.20. The van der Waals surface area contributed by atoms with Crippen molar-refractivity contribution in [2.75, 3.05) is 58.9 Å². The maximum Gasteiger partial charge on any atom is 0.236 e. The van der Waals surface area contributed by atoms with Crippen LogP contribution in [0.25, 0.3) is 11.6 Å². The van der Waals surface area contributed by atoms with Crippen molar-refractivity contribution in [1.82, 2.24) is 35.2 Å². The van der Waals surface area contributed by atoms with Gasteiger partial charge in [0.2, 0.25) is 11.7 Å². The van der Waals surface area contributed by atoms with Crippen LogP contribution in [-0.2, 0) is 11.2 Å². The third-order valence-electron chi connectivity index (χ3n) is 5.96. The van der Waals surface area contributed by atoms with Crippen LogP contribution in [0.5, 0.6) is 0 Å². The fourth-order valence-electron chi connectivity index (χ4n) is 4.17. The van der Waals surface area contributed by atoms with Gasteiger partial charge in [-0.05, 0) is 38.3 Å². The van der Waals surface area contributed by atoms with E-state index in [2.05, 4.69) is 37.2 Å². The molecule has 1 amide bonds. The third-order valence-corrected chi connectivity index (χ3v) is 5.96. The number of H-pyrrole nitrogens is 1. The van der Waals surface area contributed by atoms with Crippen LogP contribution in [0.3, 0.4) is 0 Å². The van der Waals surface area contributed by atoms with E-state index in [4.69, 9.17) is 9.41 Å². The summed E-state index contributed by atoms with van der Waals surface area (Å²) < 4.78 is 5.34. The number of aromatic amines is 1. The quantitative estimate of drug-likeness (QED) is 0.490. The van der Waals surface area contributed by atoms with E-state index in [1.807, 2.05) is 17.0 Å². The summed E-state index contributed by atoms with van der Waals surface area (Å²) in [7, 11) is 0. The van der Waals surface area contributed by atoms with E-state index in [1.54, 1.807) is 6.26 Å². The van der Waals surface area contributed by atoms with Gasteiger partial charge in [-0.2, -0.15) is 5.10 Å². The lowest BCUT2D eigenvalue weighted by atomic mass is 10.1. The Morgan fingerprint density at radius 3 is 2.69 bits per heavy atom. The Kier molecular flexibility index (Phi) is 7.76. The van der Waals surface area contributed by atoms with Crippen LogP contribution >= 0.6 is 0 Å². The normalized spacial score (nSPS) is 18.2. The number of guanidine groups is 1. The fourth-order valence-corrected chi connectivity index (χ4v) is 4.17. The number of piperazine rings is 1. The van der Waals surface area contributed by atoms with Crippen molar-refractivity contribution in [3.05, 3.63) is 24.2 Å². The number of aliphatic imine (C=N–C) groups is 1. The number of nitrogens with zero attached hydrogens (tertiary/aromatic N) is 6. The minimum Gasteiger partial charge on any atom is -0.461 e. The highest BCUT2D eigenvalue weighted by Gasteiger charge is 2.24. The summed E-state index contributed by atoms with van der Waals surface area (Å²) in [4.78, 5) is 28.4. The van der Waals surface area contributed by atoms with Crippen LogP contribution in [0.15, 0.2) is 27.8 Å². The molecule has 0 aliphatic carbocycles. The van der Waals surface area contributed by atoms with Gasteiger partial charge in [0.1, 0.15) is 5.82 Å². The Morgan fingerprint density at radius 2 is 1.97 bits per heavy atom. The molecule has 0 aromatic carbocycles. The van der Waals surface area contributed by atoms with Gasteiger partial charge in [0.05, 0.1) is 12.8 Å². The van der Waals surface area contributed by atoms with Gasteiger partial charge in [-0.25, -0.2) is 4.98 Å². The van der Waals surface area contributed by atoms with Gasteiger partial charge in [-0.3, -0.25) is 19.8 Å². The van der Waals surface area contributed by atoms with Gasteiger partial charge in [0, 0.05) is 58.8 Å². The van der Waals surface area contributed by atoms with Crippen molar-refractivity contribution in [3.8, 4) is 11.6 Å². The summed E-state index contributed by atoms with van der Waals surface area (Å²) in [5, 5.41) is 10.6. The molecule has 174 valence electrons. The van der Waals surface area contributed by atoms with Crippen LogP contribution < -0.4 is 5.32 Å². The molecule has 0 bridgehead atoms. The van der Waals surface area contributed by atoms with Crippen LogP contribution in [0.2, 0.25) is 0 Å². The fraction of sp³-hybridized carbons (Fsp3) is 0.636. The van der Waals surface area contributed by atoms with Crippen molar-refractivity contribution in [3.63, 3.8) is 0 Å². The first-order chi connectivity index (χ1) is 15.7. The van der Waals surface area contributed by atoms with E-state index in [0.29, 0.717) is 31.1 Å². The molecule has 10 nitrogen and oxygen atoms in total. The largest absolute Gasteiger partial charge is 0.461 e. The second-order valence-corrected chi connectivity index (χ2v) is 8.27. The molecule has 2 aliphatic rings. The molecule has 4 rings (SSSR count). The number of hydrogen-bond donors (Lipinski definition) is 2. The van der Waals surface area contributed by atoms with Gasteiger partial charge in [-0.15, -0.1) is 0 Å². The molecule has 2 fully saturated rings. The molecule has 2 N–H and O–H groups in total. The average molecular weight is 443 g/mol. The Hall–Kier alpha value is -2.88. The zero-order valence-corrected chi connectivity index (χ0v) is 18.9. The first kappa shape index (κ1) is 22.3. The summed E-state index contributed by atoms with van der Waals surface area (Å²) in [5.74, 6) is 3.20. The molecular weight excluding hydrogens is 408 g/mol. The highest BCUT2D eigenvalue weighted by atomic mass is 16.3. The maximum absolute atomic E-state index is 12.6. The summed E-state index contributed by atoms with van der Waals surface area (Å²) >= 11 is 0. The van der Waals surface area contributed by atoms with Crippen molar-refractivity contribution < 1.29 is 9.21 Å². The highest BCUT2D eigenvalue weighted by molar-refractivity contribution is 5.80. The van der Waals surface area contributed by atoms with Crippen molar-refractivity contribution >= 4 is 11.9 Å². The lowest BCUT2D eigenvalue weighted by Gasteiger charge is -2.37. The molecule has 0 radical (unpaired) electrons. The van der Waals surface area contributed by atoms with Crippen molar-refractivity contribution in [1.29, 1.82) is 0 Å². The van der Waals surface area contributed by atoms with Gasteiger partial charge < -0.3 is 19.5 Å². The van der Waals surface area contributed by atoms with E-state index in [0.717, 1.165) is 70.4 Å². The number of amides is 1. The number of furan rings is 1. The number of carbonyl (C=O) groups excluding carboxylic acids is 1. The first-order valence-electron chi connectivity index (χ1n) is 11.7. The summed E-state index contributed by atoms with van der Waals surface area (Å²) in [6.45, 7) is 9.36. The summed E-state index contributed by atoms with van der Waals surface area (Å²) in [6, 6.07) is 3.66. The molecule has 4 heterocycles. The van der Waals surface area contributed by atoms with Gasteiger partial charge in [-0.1, -0.05) is 0 Å². The Bertz CT molecular complexity index is 864. The van der Waals surface area contributed by atoms with Gasteiger partial charge in [0.25, 0.3) is 0 Å². The summed E-state index contributed by atoms with van der Waals surface area (Å²) in [5.41, 5.74) is 0. The number of carbonyl (C=O) groups is 1. The lowest BCUT2D eigenvalue weighted by Crippen LogP contribution is -2.54. The Morgan fingerprint density at radius 1 is 1.16 bits per heavy atom. The second-order valence-electron chi connectivity index (χ2n) is 8.27. The number of nitrogens with one attached hydrogen (secondary N) is 2. The van der Waals surface area contributed by atoms with E-state index in [-0.39, 0.29) is 5.91 Å². The zero-order valence-electron chi connectivity index (χ0n) is 18.9. The van der Waals surface area contributed by atoms with Crippen LogP contribution in [0, 0.1) is 0 Å². The molecule has 32 heavy (non-hydrogen) atoms. The standard InChI is InChI=1S/C22H34N8O2/c1-2-23-22(24-9-8-19-25-21(27-26-19)18-7-6-16-32-18)30-14-12-28(13-15-30)17-20(31)29-10-4-3-5-11-29/h6-7,16H,2-5,8-15,17H2,1H3,(H,23,24)(H,25,26,27). The van der Waals surface area contributed by atoms with Crippen LogP contribution in [0.1, 0.15) is 32.0 Å². The molecule has 2 aromatic heterocycles. The number of hydrogen-bond acceptors (Lipinski definition) is 6. The van der Waals surface area contributed by atoms with Gasteiger partial charge in [0.15, 0.2) is 11.7 Å². The zero-order chi connectivity index (χ0) is 22.2. The monoisotopic (exact) mass is 442 g/mol. The molecule has 2 aromatic rings. The molecule has 0 spiro atoms. The van der Waals surface area contributed by atoms with Crippen molar-refractivity contribution in [2.45, 2.75) is 32.6 Å². The topological polar surface area (TPSA) is 106 Å². The highest BCUT2D eigenvalue weighted by Crippen LogP contribution is 2.14. The minimum absolute atomic E-state index is 0.277. The summed E-state index contributed by atoms with van der Waals surface area (Å²) in [6.07, 6.45) is 5.81. The van der Waals surface area contributed by atoms with E-state index in [9.17, 15) is 4.79 Å². The van der Waals surface area contributed by atoms with E-state index < -0.39 is 0 Å². The molecule has 2 aliphatic heterocycles. The van der Waals surface area contributed by atoms with Crippen LogP contribution in [-0.4, -0.2) is 101 Å². The Labute approximate surface area is 189 Å². The molecule has 0 unspecified atom stereocenters. The van der Waals surface area contributed by atoms with Crippen LogP contribution in [0.4, 0.5) is 0 Å². The minimum atomic E-state index is 0.277. The third kappa shape index (κ3) is 5.87. The smallest absolute Gasteiger partial charge is 0.236 e. The number of likely N-dealkylation sites (tertiary alicyclic amines) is 1. The van der Waals surface area contributed by atoms with E-state index >= 15 is 0 Å².